The maximum atomic E-state index is 13.0. The van der Waals surface area contributed by atoms with Gasteiger partial charge in [-0.15, -0.1) is 0 Å². The second-order valence-corrected chi connectivity index (χ2v) is 6.85. The molecule has 0 aromatic heterocycles. The molecule has 5 nitrogen and oxygen atoms in total. The van der Waals surface area contributed by atoms with Crippen LogP contribution < -0.4 is 15.4 Å². The minimum Gasteiger partial charge on any atom is -0.481 e. The lowest BCUT2D eigenvalue weighted by Crippen LogP contribution is -2.32. The highest BCUT2D eigenvalue weighted by Crippen LogP contribution is 2.19. The highest BCUT2D eigenvalue weighted by Gasteiger charge is 2.19. The van der Waals surface area contributed by atoms with Gasteiger partial charge in [-0.05, 0) is 55.8 Å². The van der Waals surface area contributed by atoms with Gasteiger partial charge in [0.2, 0.25) is 0 Å². The molecule has 2 N–H and O–H groups in total. The van der Waals surface area contributed by atoms with E-state index in [4.69, 9.17) is 4.74 Å². The smallest absolute Gasteiger partial charge is 0.265 e. The van der Waals surface area contributed by atoms with Crippen LogP contribution in [0.3, 0.4) is 0 Å². The molecule has 0 fully saturated rings. The third kappa shape index (κ3) is 5.44. The summed E-state index contributed by atoms with van der Waals surface area (Å²) < 4.78 is 18.6. The van der Waals surface area contributed by atoms with Crippen LogP contribution in [0.2, 0.25) is 0 Å². The zero-order valence-corrected chi connectivity index (χ0v) is 16.8. The van der Waals surface area contributed by atoms with Gasteiger partial charge in [0.05, 0.1) is 17.3 Å². The third-order valence-electron chi connectivity index (χ3n) is 4.57. The van der Waals surface area contributed by atoms with Crippen molar-refractivity contribution in [3.8, 4) is 5.75 Å². The topological polar surface area (TPSA) is 67.4 Å². The quantitative estimate of drug-likeness (QED) is 0.596. The third-order valence-corrected chi connectivity index (χ3v) is 4.57. The van der Waals surface area contributed by atoms with E-state index in [1.165, 1.54) is 24.3 Å². The van der Waals surface area contributed by atoms with Crippen molar-refractivity contribution in [1.82, 2.24) is 5.32 Å². The summed E-state index contributed by atoms with van der Waals surface area (Å²) in [5.41, 5.74) is 1.71. The van der Waals surface area contributed by atoms with Gasteiger partial charge < -0.3 is 15.4 Å². The number of hydrogen-bond acceptors (Lipinski definition) is 3. The van der Waals surface area contributed by atoms with Crippen LogP contribution in [0, 0.1) is 5.82 Å². The van der Waals surface area contributed by atoms with Crippen molar-refractivity contribution in [2.24, 2.45) is 0 Å². The fourth-order valence-electron chi connectivity index (χ4n) is 2.89. The maximum absolute atomic E-state index is 13.0. The summed E-state index contributed by atoms with van der Waals surface area (Å²) in [4.78, 5) is 25.4. The second kappa shape index (κ2) is 9.69. The van der Waals surface area contributed by atoms with Gasteiger partial charge in [0.25, 0.3) is 11.8 Å². The summed E-state index contributed by atoms with van der Waals surface area (Å²) in [6, 6.07) is 21.6. The molecule has 2 amide bonds. The van der Waals surface area contributed by atoms with E-state index in [0.29, 0.717) is 17.0 Å². The number of amides is 2. The van der Waals surface area contributed by atoms with Gasteiger partial charge in [0.15, 0.2) is 6.10 Å². The van der Waals surface area contributed by atoms with Crippen LogP contribution in [0.15, 0.2) is 78.9 Å². The number of rotatable bonds is 7. The second-order valence-electron chi connectivity index (χ2n) is 6.85. The molecule has 0 aliphatic rings. The summed E-state index contributed by atoms with van der Waals surface area (Å²) in [6.07, 6.45) is -0.838. The summed E-state index contributed by atoms with van der Waals surface area (Å²) in [6.45, 7) is 3.48. The minimum absolute atomic E-state index is 0.191. The molecule has 6 heteroatoms. The fraction of sp³-hybridized carbons (Fsp3) is 0.167. The number of hydrogen-bond donors (Lipinski definition) is 2. The van der Waals surface area contributed by atoms with Crippen LogP contribution in [0.4, 0.5) is 10.1 Å². The van der Waals surface area contributed by atoms with Crippen molar-refractivity contribution in [2.75, 3.05) is 5.32 Å². The first-order valence-electron chi connectivity index (χ1n) is 9.62. The van der Waals surface area contributed by atoms with E-state index in [0.717, 1.165) is 5.56 Å². The van der Waals surface area contributed by atoms with E-state index in [2.05, 4.69) is 10.6 Å². The summed E-state index contributed by atoms with van der Waals surface area (Å²) in [7, 11) is 0. The normalized spacial score (nSPS) is 12.5. The number of nitrogens with one attached hydrogen (secondary N) is 2. The van der Waals surface area contributed by atoms with Crippen LogP contribution >= 0.6 is 0 Å². The van der Waals surface area contributed by atoms with Crippen molar-refractivity contribution < 1.29 is 18.7 Å². The molecule has 154 valence electrons. The average molecular weight is 406 g/mol. The van der Waals surface area contributed by atoms with Gasteiger partial charge in [0.1, 0.15) is 11.6 Å². The number of halogens is 1. The Balaban J connectivity index is 1.67. The number of benzene rings is 3. The van der Waals surface area contributed by atoms with E-state index in [9.17, 15) is 14.0 Å². The molecule has 0 heterocycles. The number of carbonyl (C=O) groups excluding carboxylic acids is 2. The van der Waals surface area contributed by atoms with Gasteiger partial charge in [-0.1, -0.05) is 42.5 Å². The molecule has 0 spiro atoms. The first-order chi connectivity index (χ1) is 14.4. The van der Waals surface area contributed by atoms with E-state index >= 15 is 0 Å². The molecule has 0 aliphatic heterocycles. The Morgan fingerprint density at radius 1 is 0.867 bits per heavy atom. The largest absolute Gasteiger partial charge is 0.481 e. The molecule has 0 radical (unpaired) electrons. The Labute approximate surface area is 174 Å². The van der Waals surface area contributed by atoms with Gasteiger partial charge >= 0.3 is 0 Å². The first-order valence-corrected chi connectivity index (χ1v) is 9.62. The van der Waals surface area contributed by atoms with Gasteiger partial charge in [-0.3, -0.25) is 9.59 Å². The molecule has 2 atom stereocenters. The molecule has 0 aliphatic carbocycles. The fourth-order valence-corrected chi connectivity index (χ4v) is 2.89. The highest BCUT2D eigenvalue weighted by atomic mass is 19.1. The molecular formula is C24H23FN2O3. The number of carbonyl (C=O) groups is 2. The molecule has 3 rings (SSSR count). The molecule has 30 heavy (non-hydrogen) atoms. The number of para-hydroxylation sites is 1. The van der Waals surface area contributed by atoms with Crippen LogP contribution in [-0.2, 0) is 4.79 Å². The van der Waals surface area contributed by atoms with Crippen LogP contribution in [0.25, 0.3) is 0 Å². The maximum Gasteiger partial charge on any atom is 0.265 e. The minimum atomic E-state index is -0.838. The number of ether oxygens (including phenoxy) is 1. The van der Waals surface area contributed by atoms with Gasteiger partial charge in [0, 0.05) is 0 Å². The molecule has 0 saturated carbocycles. The van der Waals surface area contributed by atoms with E-state index < -0.39 is 12.0 Å². The average Bonchev–Trinajstić information content (AvgIpc) is 2.76. The lowest BCUT2D eigenvalue weighted by Gasteiger charge is -2.18. The summed E-state index contributed by atoms with van der Waals surface area (Å²) in [5, 5.41) is 5.68. The number of anilines is 1. The molecular weight excluding hydrogens is 383 g/mol. The lowest BCUT2D eigenvalue weighted by atomic mass is 10.1. The Kier molecular flexibility index (Phi) is 6.80. The predicted molar refractivity (Wildman–Crippen MR) is 114 cm³/mol. The monoisotopic (exact) mass is 406 g/mol. The van der Waals surface area contributed by atoms with E-state index in [-0.39, 0.29) is 17.8 Å². The molecule has 0 saturated heterocycles. The highest BCUT2D eigenvalue weighted by molar-refractivity contribution is 6.04. The van der Waals surface area contributed by atoms with Crippen LogP contribution in [0.1, 0.15) is 35.8 Å². The predicted octanol–water partition coefficient (Wildman–Crippen LogP) is 4.72. The zero-order valence-electron chi connectivity index (χ0n) is 16.8. The molecule has 0 unspecified atom stereocenters. The van der Waals surface area contributed by atoms with Crippen LogP contribution in [0.5, 0.6) is 5.75 Å². The molecule has 3 aromatic rings. The SMILES string of the molecule is C[C@H](Oc1ccc(F)cc1)C(=O)Nc1ccccc1C(=O)N[C@H](C)c1ccccc1. The van der Waals surface area contributed by atoms with Crippen LogP contribution in [-0.4, -0.2) is 17.9 Å². The van der Waals surface area contributed by atoms with Gasteiger partial charge in [-0.25, -0.2) is 4.39 Å². The Hall–Kier alpha value is -3.67. The van der Waals surface area contributed by atoms with E-state index in [1.807, 2.05) is 37.3 Å². The Bertz CT molecular complexity index is 1010. The first kappa shape index (κ1) is 21.0. The Morgan fingerprint density at radius 3 is 2.20 bits per heavy atom. The zero-order chi connectivity index (χ0) is 21.5. The van der Waals surface area contributed by atoms with Crippen molar-refractivity contribution >= 4 is 17.5 Å². The lowest BCUT2D eigenvalue weighted by molar-refractivity contribution is -0.122. The van der Waals surface area contributed by atoms with Crippen molar-refractivity contribution in [2.45, 2.75) is 26.0 Å². The van der Waals surface area contributed by atoms with Gasteiger partial charge in [-0.2, -0.15) is 0 Å². The summed E-state index contributed by atoms with van der Waals surface area (Å²) >= 11 is 0. The molecule has 0 bridgehead atoms. The standard InChI is InChI=1S/C24H23FN2O3/c1-16(18-8-4-3-5-9-18)26-24(29)21-10-6-7-11-22(21)27-23(28)17(2)30-20-14-12-19(25)13-15-20/h3-17H,1-2H3,(H,26,29)(H,27,28)/t16-,17+/m1/s1. The van der Waals surface area contributed by atoms with Crippen molar-refractivity contribution in [3.05, 3.63) is 95.8 Å². The summed E-state index contributed by atoms with van der Waals surface area (Å²) in [5.74, 6) is -0.726. The van der Waals surface area contributed by atoms with Crippen molar-refractivity contribution in [3.63, 3.8) is 0 Å². The van der Waals surface area contributed by atoms with E-state index in [1.54, 1.807) is 31.2 Å². The Morgan fingerprint density at radius 2 is 1.50 bits per heavy atom. The van der Waals surface area contributed by atoms with Crippen molar-refractivity contribution in [1.29, 1.82) is 0 Å². The molecule has 3 aromatic carbocycles.